The van der Waals surface area contributed by atoms with Crippen LogP contribution in [0.4, 0.5) is 10.5 Å². The number of halogens is 1. The Morgan fingerprint density at radius 3 is 2.75 bits per heavy atom. The molecule has 1 heterocycles. The predicted molar refractivity (Wildman–Crippen MR) is 118 cm³/mol. The van der Waals surface area contributed by atoms with Crippen molar-refractivity contribution < 1.29 is 38.7 Å². The van der Waals surface area contributed by atoms with Crippen LogP contribution in [0.3, 0.4) is 0 Å². The number of anilines is 1. The first kappa shape index (κ1) is 23.4. The topological polar surface area (TPSA) is 124 Å². The maximum Gasteiger partial charge on any atom is 0.412 e. The second-order valence-corrected chi connectivity index (χ2v) is 7.73. The van der Waals surface area contributed by atoms with E-state index in [4.69, 9.17) is 24.1 Å². The Kier molecular flexibility index (Phi) is 7.96. The number of rotatable bonds is 9. The van der Waals surface area contributed by atoms with Crippen molar-refractivity contribution in [2.45, 2.75) is 25.0 Å². The molecule has 9 nitrogen and oxygen atoms in total. The van der Waals surface area contributed by atoms with Crippen LogP contribution >= 0.6 is 15.9 Å². The van der Waals surface area contributed by atoms with Crippen LogP contribution in [0.2, 0.25) is 0 Å². The third-order valence-corrected chi connectivity index (χ3v) is 5.16. The number of allylic oxidation sites excluding steroid dienone is 1. The first-order valence-electron chi connectivity index (χ1n) is 9.65. The normalized spacial score (nSPS) is 14.2. The van der Waals surface area contributed by atoms with Crippen molar-refractivity contribution >= 4 is 33.7 Å². The first-order valence-corrected chi connectivity index (χ1v) is 10.4. The number of aliphatic carboxylic acids is 1. The number of nitrogens with one attached hydrogen (secondary N) is 1. The summed E-state index contributed by atoms with van der Waals surface area (Å²) in [7, 11) is 1.45. The van der Waals surface area contributed by atoms with Crippen LogP contribution in [-0.4, -0.2) is 42.3 Å². The number of methoxy groups -OCH3 is 1. The minimum absolute atomic E-state index is 0.0720. The molecule has 2 atom stereocenters. The lowest BCUT2D eigenvalue weighted by Crippen LogP contribution is -2.28. The third kappa shape index (κ3) is 6.14. The minimum atomic E-state index is -1.06. The molecule has 170 valence electrons. The van der Waals surface area contributed by atoms with Gasteiger partial charge in [0.1, 0.15) is 5.75 Å². The molecule has 0 fully saturated rings. The molecule has 1 aliphatic heterocycles. The summed E-state index contributed by atoms with van der Waals surface area (Å²) in [6, 6.07) is 9.68. The van der Waals surface area contributed by atoms with Crippen molar-refractivity contribution in [3.63, 3.8) is 0 Å². The molecule has 1 aliphatic rings. The zero-order valence-corrected chi connectivity index (χ0v) is 18.7. The number of carboxylic acid groups (broad SMARTS) is 1. The highest BCUT2D eigenvalue weighted by Crippen LogP contribution is 2.36. The van der Waals surface area contributed by atoms with Gasteiger partial charge in [-0.05, 0) is 43.2 Å². The van der Waals surface area contributed by atoms with E-state index in [1.165, 1.54) is 19.3 Å². The maximum atomic E-state index is 12.7. The van der Waals surface area contributed by atoms with Crippen LogP contribution in [-0.2, 0) is 14.3 Å². The van der Waals surface area contributed by atoms with Crippen molar-refractivity contribution in [1.29, 1.82) is 0 Å². The monoisotopic (exact) mass is 507 g/mol. The molecule has 3 N–H and O–H groups in total. The Morgan fingerprint density at radius 2 is 2.00 bits per heavy atom. The molecular formula is C22H22BrNO8. The summed E-state index contributed by atoms with van der Waals surface area (Å²) in [5.74, 6) is -0.0459. The number of phenols is 1. The molecule has 10 heteroatoms. The minimum Gasteiger partial charge on any atom is -0.508 e. The van der Waals surface area contributed by atoms with E-state index < -0.39 is 24.3 Å². The summed E-state index contributed by atoms with van der Waals surface area (Å²) < 4.78 is 22.4. The van der Waals surface area contributed by atoms with Gasteiger partial charge < -0.3 is 29.2 Å². The largest absolute Gasteiger partial charge is 0.508 e. The predicted octanol–water partition coefficient (Wildman–Crippen LogP) is 4.61. The van der Waals surface area contributed by atoms with Crippen molar-refractivity contribution in [2.24, 2.45) is 0 Å². The van der Waals surface area contributed by atoms with Crippen LogP contribution in [0.15, 0.2) is 53.0 Å². The second-order valence-electron chi connectivity index (χ2n) is 6.81. The maximum absolute atomic E-state index is 12.7. The quantitative estimate of drug-likeness (QED) is 0.420. The molecular weight excluding hydrogens is 486 g/mol. The standard InChI is InChI=1S/C22H22BrNO8/c1-29-18(4-2-3-5-20(26)27)21(15-10-13(23)6-8-16(15)25)32-22(28)24-14-7-9-17-19(11-14)31-12-30-17/h3,5-11,18,21,25H,2,4,12H2,1H3,(H,24,28)(H,26,27)/b5-3+/t18-,21-/m1/s1. The number of fused-ring (bicyclic) bond motifs is 1. The number of carboxylic acids is 1. The number of hydrogen-bond acceptors (Lipinski definition) is 7. The molecule has 0 saturated heterocycles. The van der Waals surface area contributed by atoms with Crippen molar-refractivity contribution in [3.8, 4) is 17.2 Å². The van der Waals surface area contributed by atoms with E-state index in [9.17, 15) is 14.7 Å². The summed E-state index contributed by atoms with van der Waals surface area (Å²) in [5, 5.41) is 21.8. The van der Waals surface area contributed by atoms with E-state index in [2.05, 4.69) is 21.2 Å². The van der Waals surface area contributed by atoms with Crippen molar-refractivity contribution in [1.82, 2.24) is 0 Å². The van der Waals surface area contributed by atoms with Gasteiger partial charge in [0, 0.05) is 35.0 Å². The molecule has 0 radical (unpaired) electrons. The van der Waals surface area contributed by atoms with Gasteiger partial charge in [0.15, 0.2) is 17.6 Å². The molecule has 2 aromatic carbocycles. The van der Waals surface area contributed by atoms with Gasteiger partial charge in [0.2, 0.25) is 6.79 Å². The SMILES string of the molecule is CO[C@H](CC/C=C/C(=O)O)[C@H](OC(=O)Nc1ccc2c(c1)OCO2)c1cc(Br)ccc1O. The number of ether oxygens (including phenoxy) is 4. The van der Waals surface area contributed by atoms with Gasteiger partial charge in [-0.1, -0.05) is 22.0 Å². The summed E-state index contributed by atoms with van der Waals surface area (Å²) >= 11 is 3.35. The average molecular weight is 508 g/mol. The van der Waals surface area contributed by atoms with Gasteiger partial charge in [0.25, 0.3) is 0 Å². The van der Waals surface area contributed by atoms with Crippen LogP contribution in [0, 0.1) is 0 Å². The van der Waals surface area contributed by atoms with Gasteiger partial charge in [0.05, 0.1) is 6.10 Å². The Bertz CT molecular complexity index is 1010. The molecule has 32 heavy (non-hydrogen) atoms. The van der Waals surface area contributed by atoms with E-state index in [0.29, 0.717) is 40.1 Å². The number of hydrogen-bond donors (Lipinski definition) is 3. The van der Waals surface area contributed by atoms with E-state index >= 15 is 0 Å². The van der Waals surface area contributed by atoms with E-state index in [1.807, 2.05) is 0 Å². The zero-order chi connectivity index (χ0) is 23.1. The van der Waals surface area contributed by atoms with Gasteiger partial charge in [-0.15, -0.1) is 0 Å². The highest BCUT2D eigenvalue weighted by Gasteiger charge is 2.29. The van der Waals surface area contributed by atoms with Gasteiger partial charge in [-0.2, -0.15) is 0 Å². The first-order chi connectivity index (χ1) is 15.4. The summed E-state index contributed by atoms with van der Waals surface area (Å²) in [6.07, 6.45) is 0.833. The fraction of sp³-hybridized carbons (Fsp3) is 0.273. The molecule has 3 rings (SSSR count). The fourth-order valence-electron chi connectivity index (χ4n) is 3.17. The summed E-state index contributed by atoms with van der Waals surface area (Å²) in [6.45, 7) is 0.110. The highest BCUT2D eigenvalue weighted by atomic mass is 79.9. The van der Waals surface area contributed by atoms with Crippen molar-refractivity contribution in [2.75, 3.05) is 19.2 Å². The lowest BCUT2D eigenvalue weighted by Gasteiger charge is -2.27. The van der Waals surface area contributed by atoms with E-state index in [1.54, 1.807) is 30.3 Å². The van der Waals surface area contributed by atoms with Crippen LogP contribution < -0.4 is 14.8 Å². The molecule has 0 unspecified atom stereocenters. The van der Waals surface area contributed by atoms with Gasteiger partial charge in [-0.25, -0.2) is 9.59 Å². The number of carbonyl (C=O) groups excluding carboxylic acids is 1. The smallest absolute Gasteiger partial charge is 0.412 e. The highest BCUT2D eigenvalue weighted by molar-refractivity contribution is 9.10. The number of carbonyl (C=O) groups is 2. The lowest BCUT2D eigenvalue weighted by molar-refractivity contribution is -0.131. The van der Waals surface area contributed by atoms with Gasteiger partial charge >= 0.3 is 12.1 Å². The molecule has 0 saturated carbocycles. The summed E-state index contributed by atoms with van der Waals surface area (Å²) in [5.41, 5.74) is 0.782. The number of aromatic hydroxyl groups is 1. The Balaban J connectivity index is 1.78. The van der Waals surface area contributed by atoms with Gasteiger partial charge in [-0.3, -0.25) is 5.32 Å². The van der Waals surface area contributed by atoms with Crippen LogP contribution in [0.5, 0.6) is 17.2 Å². The van der Waals surface area contributed by atoms with Crippen LogP contribution in [0.1, 0.15) is 24.5 Å². The molecule has 0 bridgehead atoms. The molecule has 2 aromatic rings. The number of phenolic OH excluding ortho intramolecular Hbond substituents is 1. The molecule has 0 spiro atoms. The van der Waals surface area contributed by atoms with Crippen LogP contribution in [0.25, 0.3) is 0 Å². The lowest BCUT2D eigenvalue weighted by atomic mass is 9.99. The number of amides is 1. The second kappa shape index (κ2) is 10.9. The molecule has 0 aromatic heterocycles. The number of benzene rings is 2. The summed E-state index contributed by atoms with van der Waals surface area (Å²) in [4.78, 5) is 23.4. The third-order valence-electron chi connectivity index (χ3n) is 4.67. The average Bonchev–Trinajstić information content (AvgIpc) is 3.22. The van der Waals surface area contributed by atoms with Crippen molar-refractivity contribution in [3.05, 3.63) is 58.6 Å². The zero-order valence-electron chi connectivity index (χ0n) is 17.1. The van der Waals surface area contributed by atoms with E-state index in [0.717, 1.165) is 6.08 Å². The molecule has 0 aliphatic carbocycles. The Labute approximate surface area is 192 Å². The Morgan fingerprint density at radius 1 is 1.22 bits per heavy atom. The fourth-order valence-corrected chi connectivity index (χ4v) is 3.55. The Hall–Kier alpha value is -3.24. The van der Waals surface area contributed by atoms with E-state index in [-0.39, 0.29) is 12.5 Å². The molecule has 1 amide bonds.